The van der Waals surface area contributed by atoms with Crippen molar-refractivity contribution in [3.8, 4) is 0 Å². The second-order valence-corrected chi connectivity index (χ2v) is 7.86. The molecule has 0 radical (unpaired) electrons. The number of nitrogens with one attached hydrogen (secondary N) is 1. The molecule has 5 rings (SSSR count). The number of rotatable bonds is 4. The van der Waals surface area contributed by atoms with Gasteiger partial charge < -0.3 is 14.3 Å². The first-order valence-corrected chi connectivity index (χ1v) is 10.3. The third-order valence-electron chi connectivity index (χ3n) is 6.07. The summed E-state index contributed by atoms with van der Waals surface area (Å²) in [5.41, 5.74) is 7.30. The van der Waals surface area contributed by atoms with Crippen molar-refractivity contribution in [1.29, 1.82) is 0 Å². The number of aromatic nitrogens is 1. The minimum absolute atomic E-state index is 0.0468. The molecule has 3 aromatic carbocycles. The quantitative estimate of drug-likeness (QED) is 0.384. The summed E-state index contributed by atoms with van der Waals surface area (Å²) in [6.07, 6.45) is 1.99. The third-order valence-corrected chi connectivity index (χ3v) is 6.07. The molecule has 0 bridgehead atoms. The van der Waals surface area contributed by atoms with Crippen LogP contribution in [0.5, 0.6) is 0 Å². The molecule has 4 nitrogen and oxygen atoms in total. The lowest BCUT2D eigenvalue weighted by molar-refractivity contribution is -0.115. The average molecular weight is 396 g/mol. The van der Waals surface area contributed by atoms with Gasteiger partial charge in [-0.2, -0.15) is 0 Å². The van der Waals surface area contributed by atoms with Gasteiger partial charge in [0, 0.05) is 45.0 Å². The van der Waals surface area contributed by atoms with E-state index in [0.29, 0.717) is 0 Å². The Labute approximate surface area is 175 Å². The van der Waals surface area contributed by atoms with Crippen molar-refractivity contribution in [2.75, 3.05) is 5.32 Å². The summed E-state index contributed by atoms with van der Waals surface area (Å²) < 4.78 is 8.05. The third kappa shape index (κ3) is 2.88. The molecule has 0 saturated carbocycles. The molecule has 0 atom stereocenters. The van der Waals surface area contributed by atoms with Crippen LogP contribution in [0.2, 0.25) is 0 Å². The number of furan rings is 1. The highest BCUT2D eigenvalue weighted by Gasteiger charge is 2.14. The van der Waals surface area contributed by atoms with Crippen LogP contribution in [0.3, 0.4) is 0 Å². The van der Waals surface area contributed by atoms with Gasteiger partial charge in [0.15, 0.2) is 0 Å². The van der Waals surface area contributed by atoms with Crippen molar-refractivity contribution in [1.82, 2.24) is 4.57 Å². The van der Waals surface area contributed by atoms with E-state index in [4.69, 9.17) is 4.42 Å². The summed E-state index contributed by atoms with van der Waals surface area (Å²) in [6, 6.07) is 18.7. The second kappa shape index (κ2) is 7.06. The monoisotopic (exact) mass is 396 g/mol. The second-order valence-electron chi connectivity index (χ2n) is 7.86. The van der Waals surface area contributed by atoms with Gasteiger partial charge in [-0.25, -0.2) is 0 Å². The number of carbonyl (C=O) groups is 1. The van der Waals surface area contributed by atoms with Gasteiger partial charge in [-0.1, -0.05) is 30.3 Å². The molecule has 0 aliphatic carbocycles. The predicted molar refractivity (Wildman–Crippen MR) is 123 cm³/mol. The minimum atomic E-state index is -0.0468. The van der Waals surface area contributed by atoms with Crippen LogP contribution in [0.4, 0.5) is 5.69 Å². The fourth-order valence-corrected chi connectivity index (χ4v) is 4.38. The van der Waals surface area contributed by atoms with E-state index in [-0.39, 0.29) is 12.3 Å². The fraction of sp³-hybridized carbons (Fsp3) is 0.192. The van der Waals surface area contributed by atoms with Gasteiger partial charge in [0.1, 0.15) is 5.58 Å². The van der Waals surface area contributed by atoms with Crippen molar-refractivity contribution in [2.45, 2.75) is 33.7 Å². The van der Waals surface area contributed by atoms with Crippen LogP contribution in [0.15, 0.2) is 65.3 Å². The normalized spacial score (nSPS) is 11.6. The lowest BCUT2D eigenvalue weighted by atomic mass is 10.0. The van der Waals surface area contributed by atoms with E-state index in [1.165, 1.54) is 22.0 Å². The van der Waals surface area contributed by atoms with Crippen LogP contribution in [0, 0.1) is 13.8 Å². The Kier molecular flexibility index (Phi) is 4.35. The molecular weight excluding hydrogens is 372 g/mol. The molecular formula is C26H24N2O2. The van der Waals surface area contributed by atoms with Gasteiger partial charge in [-0.15, -0.1) is 0 Å². The summed E-state index contributed by atoms with van der Waals surface area (Å²) >= 11 is 0. The molecule has 0 fully saturated rings. The van der Waals surface area contributed by atoms with E-state index >= 15 is 0 Å². The number of para-hydroxylation sites is 1. The summed E-state index contributed by atoms with van der Waals surface area (Å²) in [5, 5.41) is 6.44. The number of carbonyl (C=O) groups excluding carboxylic acids is 1. The summed E-state index contributed by atoms with van der Waals surface area (Å²) in [5.74, 6) is -0.0468. The number of aryl methyl sites for hydroxylation is 3. The Balaban J connectivity index is 1.45. The maximum absolute atomic E-state index is 12.8. The van der Waals surface area contributed by atoms with Gasteiger partial charge in [0.25, 0.3) is 0 Å². The standard InChI is InChI=1S/C26H24N2O2/c1-4-28-23-8-6-5-7-21(23)22-14-19(10-12-24(22)28)27-25(29)13-18-15-30-26-17(3)16(2)9-11-20(18)26/h5-12,14-15H,4,13H2,1-3H3,(H,27,29). The highest BCUT2D eigenvalue weighted by atomic mass is 16.3. The fourth-order valence-electron chi connectivity index (χ4n) is 4.38. The smallest absolute Gasteiger partial charge is 0.228 e. The lowest BCUT2D eigenvalue weighted by Crippen LogP contribution is -2.14. The molecule has 30 heavy (non-hydrogen) atoms. The number of amides is 1. The molecule has 2 aromatic heterocycles. The molecule has 0 unspecified atom stereocenters. The highest BCUT2D eigenvalue weighted by Crippen LogP contribution is 2.31. The van der Waals surface area contributed by atoms with E-state index in [2.05, 4.69) is 66.2 Å². The first kappa shape index (κ1) is 18.5. The van der Waals surface area contributed by atoms with Gasteiger partial charge >= 0.3 is 0 Å². The van der Waals surface area contributed by atoms with Crippen LogP contribution < -0.4 is 5.32 Å². The van der Waals surface area contributed by atoms with Crippen molar-refractivity contribution in [3.63, 3.8) is 0 Å². The van der Waals surface area contributed by atoms with Gasteiger partial charge in [-0.3, -0.25) is 4.79 Å². The first-order chi connectivity index (χ1) is 14.6. The van der Waals surface area contributed by atoms with Crippen molar-refractivity contribution < 1.29 is 9.21 Å². The molecule has 4 heteroatoms. The van der Waals surface area contributed by atoms with Crippen LogP contribution in [0.1, 0.15) is 23.6 Å². The van der Waals surface area contributed by atoms with Crippen LogP contribution in [-0.4, -0.2) is 10.5 Å². The summed E-state index contributed by atoms with van der Waals surface area (Å²) in [4.78, 5) is 12.8. The predicted octanol–water partition coefficient (Wildman–Crippen LogP) is 6.36. The Morgan fingerprint density at radius 1 is 0.967 bits per heavy atom. The maximum Gasteiger partial charge on any atom is 0.228 e. The molecule has 5 aromatic rings. The van der Waals surface area contributed by atoms with Crippen LogP contribution in [0.25, 0.3) is 32.8 Å². The topological polar surface area (TPSA) is 47.2 Å². The number of benzene rings is 3. The Hall–Kier alpha value is -3.53. The number of fused-ring (bicyclic) bond motifs is 4. The first-order valence-electron chi connectivity index (χ1n) is 10.3. The van der Waals surface area contributed by atoms with Crippen molar-refractivity contribution >= 4 is 44.4 Å². The largest absolute Gasteiger partial charge is 0.464 e. The molecule has 1 amide bonds. The SMILES string of the molecule is CCn1c2ccccc2c2cc(NC(=O)Cc3coc4c(C)c(C)ccc34)ccc21. The molecule has 150 valence electrons. The summed E-state index contributed by atoms with van der Waals surface area (Å²) in [7, 11) is 0. The van der Waals surface area contributed by atoms with E-state index in [1.54, 1.807) is 6.26 Å². The molecule has 1 N–H and O–H groups in total. The molecule has 0 spiro atoms. The van der Waals surface area contributed by atoms with Gasteiger partial charge in [-0.05, 0) is 56.2 Å². The number of hydrogen-bond donors (Lipinski definition) is 1. The molecule has 0 saturated heterocycles. The van der Waals surface area contributed by atoms with E-state index in [9.17, 15) is 4.79 Å². The zero-order valence-corrected chi connectivity index (χ0v) is 17.5. The zero-order valence-electron chi connectivity index (χ0n) is 17.5. The van der Waals surface area contributed by atoms with Gasteiger partial charge in [0.2, 0.25) is 5.91 Å². The lowest BCUT2D eigenvalue weighted by Gasteiger charge is -2.07. The highest BCUT2D eigenvalue weighted by molar-refractivity contribution is 6.10. The van der Waals surface area contributed by atoms with Crippen LogP contribution in [-0.2, 0) is 17.8 Å². The summed E-state index contributed by atoms with van der Waals surface area (Å²) in [6.45, 7) is 7.17. The van der Waals surface area contributed by atoms with Crippen molar-refractivity contribution in [3.05, 3.63) is 77.6 Å². The maximum atomic E-state index is 12.8. The minimum Gasteiger partial charge on any atom is -0.464 e. The molecule has 0 aliphatic rings. The number of hydrogen-bond acceptors (Lipinski definition) is 2. The van der Waals surface area contributed by atoms with Crippen LogP contribution >= 0.6 is 0 Å². The van der Waals surface area contributed by atoms with E-state index in [0.717, 1.165) is 39.7 Å². The van der Waals surface area contributed by atoms with E-state index in [1.807, 2.05) is 19.1 Å². The number of anilines is 1. The molecule has 0 aliphatic heterocycles. The Bertz CT molecular complexity index is 1420. The van der Waals surface area contributed by atoms with Crippen molar-refractivity contribution in [2.24, 2.45) is 0 Å². The Morgan fingerprint density at radius 2 is 1.77 bits per heavy atom. The van der Waals surface area contributed by atoms with Gasteiger partial charge in [0.05, 0.1) is 12.7 Å². The van der Waals surface area contributed by atoms with E-state index < -0.39 is 0 Å². The molecule has 2 heterocycles. The Morgan fingerprint density at radius 3 is 2.60 bits per heavy atom. The zero-order chi connectivity index (χ0) is 20.8. The average Bonchev–Trinajstić information content (AvgIpc) is 3.29. The number of nitrogens with zero attached hydrogens (tertiary/aromatic N) is 1.